The van der Waals surface area contributed by atoms with Gasteiger partial charge in [0.25, 0.3) is 0 Å². The van der Waals surface area contributed by atoms with Crippen molar-refractivity contribution >= 4 is 5.57 Å². The maximum atomic E-state index is 2.60. The molecular weight excluding hydrogens is 302 g/mol. The number of rotatable bonds is 1. The molecule has 0 aromatic heterocycles. The summed E-state index contributed by atoms with van der Waals surface area (Å²) in [5.74, 6) is 0. The van der Waals surface area contributed by atoms with Gasteiger partial charge in [0, 0.05) is 17.5 Å². The van der Waals surface area contributed by atoms with Crippen molar-refractivity contribution < 1.29 is 0 Å². The molecule has 2 aromatic carbocycles. The van der Waals surface area contributed by atoms with Crippen molar-refractivity contribution in [3.8, 4) is 11.1 Å². The lowest BCUT2D eigenvalue weighted by atomic mass is 9.79. The van der Waals surface area contributed by atoms with Crippen molar-refractivity contribution in [1.29, 1.82) is 0 Å². The van der Waals surface area contributed by atoms with Crippen LogP contribution < -0.4 is 0 Å². The molecular formula is C24H27N. The minimum Gasteiger partial charge on any atom is -0.297 e. The molecule has 1 aliphatic carbocycles. The van der Waals surface area contributed by atoms with Gasteiger partial charge in [-0.15, -0.1) is 0 Å². The fourth-order valence-electron chi connectivity index (χ4n) is 5.36. The van der Waals surface area contributed by atoms with E-state index in [0.29, 0.717) is 6.04 Å². The highest BCUT2D eigenvalue weighted by atomic mass is 15.2. The van der Waals surface area contributed by atoms with E-state index in [4.69, 9.17) is 0 Å². The monoisotopic (exact) mass is 329 g/mol. The summed E-state index contributed by atoms with van der Waals surface area (Å²) in [5.41, 5.74) is 8.94. The molecule has 2 heterocycles. The molecule has 2 aromatic rings. The van der Waals surface area contributed by atoms with E-state index >= 15 is 0 Å². The highest BCUT2D eigenvalue weighted by Crippen LogP contribution is 2.49. The number of benzene rings is 2. The summed E-state index contributed by atoms with van der Waals surface area (Å²) in [6.07, 6.45) is 7.81. The molecule has 2 atom stereocenters. The van der Waals surface area contributed by atoms with Crippen molar-refractivity contribution in [2.24, 2.45) is 0 Å². The first-order valence-electron chi connectivity index (χ1n) is 9.73. The third kappa shape index (κ3) is 2.18. The van der Waals surface area contributed by atoms with Crippen LogP contribution in [0.25, 0.3) is 16.7 Å². The molecule has 1 heteroatoms. The van der Waals surface area contributed by atoms with E-state index in [9.17, 15) is 0 Å². The first-order chi connectivity index (χ1) is 12.1. The van der Waals surface area contributed by atoms with E-state index in [2.05, 4.69) is 74.3 Å². The SMILES string of the molecule is CN1C2C=C(c3ccc4c(c3)C(C)(C)c3ccccc3-4)CC1CCC2. The Kier molecular flexibility index (Phi) is 3.27. The fourth-order valence-corrected chi connectivity index (χ4v) is 5.36. The normalized spacial score (nSPS) is 26.8. The number of likely N-dealkylation sites (N-methyl/N-ethyl adjacent to an activating group) is 1. The predicted molar refractivity (Wildman–Crippen MR) is 106 cm³/mol. The van der Waals surface area contributed by atoms with Gasteiger partial charge in [-0.3, -0.25) is 4.90 Å². The molecule has 128 valence electrons. The first-order valence-corrected chi connectivity index (χ1v) is 9.73. The van der Waals surface area contributed by atoms with Crippen LogP contribution >= 0.6 is 0 Å². The largest absolute Gasteiger partial charge is 0.297 e. The van der Waals surface area contributed by atoms with Crippen LogP contribution in [0.2, 0.25) is 0 Å². The summed E-state index contributed by atoms with van der Waals surface area (Å²) in [4.78, 5) is 2.60. The minimum atomic E-state index is 0.101. The lowest BCUT2D eigenvalue weighted by Crippen LogP contribution is -2.45. The summed E-state index contributed by atoms with van der Waals surface area (Å²) in [6, 6.07) is 17.5. The molecule has 1 nitrogen and oxygen atoms in total. The van der Waals surface area contributed by atoms with Gasteiger partial charge in [-0.1, -0.05) is 62.7 Å². The van der Waals surface area contributed by atoms with Crippen LogP contribution in [0, 0.1) is 0 Å². The Morgan fingerprint density at radius 3 is 2.60 bits per heavy atom. The Bertz CT molecular complexity index is 873. The summed E-state index contributed by atoms with van der Waals surface area (Å²) in [7, 11) is 2.31. The first kappa shape index (κ1) is 15.4. The number of hydrogen-bond donors (Lipinski definition) is 0. The smallest absolute Gasteiger partial charge is 0.0284 e. The standard InChI is InChI=1S/C24H27N/c1-24(2)22-10-5-4-9-20(22)21-12-11-16(15-23(21)24)17-13-18-7-6-8-19(14-17)25(18)3/h4-5,9-13,15,18-19H,6-8,14H2,1-3H3. The Morgan fingerprint density at radius 2 is 1.76 bits per heavy atom. The Morgan fingerprint density at radius 1 is 0.960 bits per heavy atom. The van der Waals surface area contributed by atoms with Crippen molar-refractivity contribution in [3.63, 3.8) is 0 Å². The van der Waals surface area contributed by atoms with Gasteiger partial charge in [0.1, 0.15) is 0 Å². The molecule has 0 N–H and O–H groups in total. The molecule has 3 aliphatic rings. The van der Waals surface area contributed by atoms with Gasteiger partial charge in [0.2, 0.25) is 0 Å². The molecule has 1 fully saturated rings. The molecule has 2 aliphatic heterocycles. The Balaban J connectivity index is 1.60. The van der Waals surface area contributed by atoms with Gasteiger partial charge in [-0.05, 0) is 65.8 Å². The van der Waals surface area contributed by atoms with Gasteiger partial charge in [0.05, 0.1) is 0 Å². The third-order valence-electron chi connectivity index (χ3n) is 6.94. The molecule has 0 amide bonds. The summed E-state index contributed by atoms with van der Waals surface area (Å²) >= 11 is 0. The van der Waals surface area contributed by atoms with Gasteiger partial charge in [-0.2, -0.15) is 0 Å². The van der Waals surface area contributed by atoms with E-state index in [0.717, 1.165) is 6.04 Å². The van der Waals surface area contributed by atoms with E-state index in [1.165, 1.54) is 53.5 Å². The number of piperidine rings is 1. The molecule has 2 bridgehead atoms. The zero-order valence-corrected chi connectivity index (χ0v) is 15.5. The minimum absolute atomic E-state index is 0.101. The van der Waals surface area contributed by atoms with Crippen LogP contribution in [-0.2, 0) is 5.41 Å². The Labute approximate surface area is 151 Å². The van der Waals surface area contributed by atoms with Crippen molar-refractivity contribution in [2.45, 2.75) is 57.0 Å². The van der Waals surface area contributed by atoms with Crippen LogP contribution in [0.15, 0.2) is 48.5 Å². The lowest BCUT2D eigenvalue weighted by Gasteiger charge is -2.43. The fraction of sp³-hybridized carbons (Fsp3) is 0.417. The molecule has 2 unspecified atom stereocenters. The molecule has 0 radical (unpaired) electrons. The zero-order valence-electron chi connectivity index (χ0n) is 15.5. The second kappa shape index (κ2) is 5.32. The predicted octanol–water partition coefficient (Wildman–Crippen LogP) is 5.63. The molecule has 0 spiro atoms. The van der Waals surface area contributed by atoms with E-state index in [1.54, 1.807) is 5.57 Å². The lowest BCUT2D eigenvalue weighted by molar-refractivity contribution is 0.137. The van der Waals surface area contributed by atoms with Crippen LogP contribution in [-0.4, -0.2) is 24.0 Å². The van der Waals surface area contributed by atoms with Crippen LogP contribution in [0.3, 0.4) is 0 Å². The topological polar surface area (TPSA) is 3.24 Å². The quantitative estimate of drug-likeness (QED) is 0.655. The average Bonchev–Trinajstić information content (AvgIpc) is 2.83. The second-order valence-corrected chi connectivity index (χ2v) is 8.64. The highest BCUT2D eigenvalue weighted by molar-refractivity contribution is 5.83. The molecule has 25 heavy (non-hydrogen) atoms. The molecule has 0 saturated carbocycles. The Hall–Kier alpha value is -1.86. The number of nitrogens with zero attached hydrogens (tertiary/aromatic N) is 1. The maximum absolute atomic E-state index is 2.60. The zero-order chi connectivity index (χ0) is 17.2. The van der Waals surface area contributed by atoms with Gasteiger partial charge in [0.15, 0.2) is 0 Å². The summed E-state index contributed by atoms with van der Waals surface area (Å²) in [5, 5.41) is 0. The highest BCUT2D eigenvalue weighted by Gasteiger charge is 2.36. The average molecular weight is 329 g/mol. The van der Waals surface area contributed by atoms with Crippen molar-refractivity contribution in [2.75, 3.05) is 7.05 Å². The number of fused-ring (bicyclic) bond motifs is 5. The van der Waals surface area contributed by atoms with Crippen LogP contribution in [0.5, 0.6) is 0 Å². The van der Waals surface area contributed by atoms with Crippen molar-refractivity contribution in [1.82, 2.24) is 4.90 Å². The van der Waals surface area contributed by atoms with Gasteiger partial charge in [-0.25, -0.2) is 0 Å². The van der Waals surface area contributed by atoms with E-state index < -0.39 is 0 Å². The summed E-state index contributed by atoms with van der Waals surface area (Å²) in [6.45, 7) is 4.75. The van der Waals surface area contributed by atoms with Gasteiger partial charge >= 0.3 is 0 Å². The van der Waals surface area contributed by atoms with Gasteiger partial charge < -0.3 is 0 Å². The van der Waals surface area contributed by atoms with Crippen molar-refractivity contribution in [3.05, 3.63) is 65.2 Å². The number of hydrogen-bond acceptors (Lipinski definition) is 1. The van der Waals surface area contributed by atoms with Crippen LogP contribution in [0.4, 0.5) is 0 Å². The summed E-state index contributed by atoms with van der Waals surface area (Å²) < 4.78 is 0. The second-order valence-electron chi connectivity index (χ2n) is 8.64. The molecule has 5 rings (SSSR count). The molecule has 1 saturated heterocycles. The van der Waals surface area contributed by atoms with E-state index in [1.807, 2.05) is 0 Å². The van der Waals surface area contributed by atoms with E-state index in [-0.39, 0.29) is 5.41 Å². The third-order valence-corrected chi connectivity index (χ3v) is 6.94. The maximum Gasteiger partial charge on any atom is 0.0284 e. The van der Waals surface area contributed by atoms with Crippen LogP contribution in [0.1, 0.15) is 56.2 Å².